The Balaban J connectivity index is 1.59. The summed E-state index contributed by atoms with van der Waals surface area (Å²) in [5, 5.41) is 1.58. The van der Waals surface area contributed by atoms with E-state index in [0.29, 0.717) is 19.1 Å². The lowest BCUT2D eigenvalue weighted by Gasteiger charge is -2.17. The molecule has 2 aromatic heterocycles. The van der Waals surface area contributed by atoms with Gasteiger partial charge in [0, 0.05) is 17.2 Å². The maximum atomic E-state index is 13.2. The zero-order valence-electron chi connectivity index (χ0n) is 16.0. The van der Waals surface area contributed by atoms with Crippen molar-refractivity contribution in [3.8, 4) is 5.75 Å². The van der Waals surface area contributed by atoms with Crippen LogP contribution in [0.25, 0.3) is 10.2 Å². The number of benzene rings is 1. The predicted octanol–water partition coefficient (Wildman–Crippen LogP) is 4.94. The van der Waals surface area contributed by atoms with Crippen molar-refractivity contribution in [3.63, 3.8) is 0 Å². The molecule has 1 aliphatic rings. The summed E-state index contributed by atoms with van der Waals surface area (Å²) in [5.41, 5.74) is 1.31. The van der Waals surface area contributed by atoms with Gasteiger partial charge in [0.05, 0.1) is 12.0 Å². The number of hydrogen-bond donors (Lipinski definition) is 0. The SMILES string of the molecule is C=CCn1c(SCCOc2ccccc2)nc2sc3c(c2c1=O)CCC(C)C3. The van der Waals surface area contributed by atoms with Crippen LogP contribution in [-0.4, -0.2) is 21.9 Å². The van der Waals surface area contributed by atoms with Crippen molar-refractivity contribution in [2.24, 2.45) is 5.92 Å². The number of para-hydroxylation sites is 1. The van der Waals surface area contributed by atoms with E-state index < -0.39 is 0 Å². The maximum absolute atomic E-state index is 13.2. The van der Waals surface area contributed by atoms with E-state index in [0.717, 1.165) is 46.1 Å². The van der Waals surface area contributed by atoms with Crippen molar-refractivity contribution < 1.29 is 4.74 Å². The second-order valence-electron chi connectivity index (χ2n) is 7.14. The van der Waals surface area contributed by atoms with Crippen LogP contribution in [-0.2, 0) is 19.4 Å². The average Bonchev–Trinajstić information content (AvgIpc) is 3.06. The van der Waals surface area contributed by atoms with Gasteiger partial charge in [0.2, 0.25) is 0 Å². The Morgan fingerprint density at radius 1 is 1.39 bits per heavy atom. The van der Waals surface area contributed by atoms with Crippen molar-refractivity contribution in [2.45, 2.75) is 37.9 Å². The van der Waals surface area contributed by atoms with Gasteiger partial charge in [-0.2, -0.15) is 0 Å². The summed E-state index contributed by atoms with van der Waals surface area (Å²) in [4.78, 5) is 20.3. The number of aryl methyl sites for hydroxylation is 1. The molecule has 2 heterocycles. The number of aromatic nitrogens is 2. The summed E-state index contributed by atoms with van der Waals surface area (Å²) in [6.45, 7) is 7.14. The Kier molecular flexibility index (Phi) is 5.87. The number of thioether (sulfide) groups is 1. The molecule has 1 aromatic carbocycles. The zero-order chi connectivity index (χ0) is 19.5. The van der Waals surface area contributed by atoms with Gasteiger partial charge < -0.3 is 4.74 Å². The minimum absolute atomic E-state index is 0.0726. The van der Waals surface area contributed by atoms with E-state index in [1.807, 2.05) is 30.3 Å². The van der Waals surface area contributed by atoms with E-state index in [1.54, 1.807) is 33.7 Å². The number of thiophene rings is 1. The number of ether oxygens (including phenoxy) is 1. The molecule has 0 N–H and O–H groups in total. The summed E-state index contributed by atoms with van der Waals surface area (Å²) < 4.78 is 7.53. The van der Waals surface area contributed by atoms with Crippen LogP contribution in [0.4, 0.5) is 0 Å². The summed E-state index contributed by atoms with van der Waals surface area (Å²) in [7, 11) is 0. The Morgan fingerprint density at radius 3 is 3.00 bits per heavy atom. The standard InChI is InChI=1S/C22H24N2O2S2/c1-3-11-24-21(25)19-17-10-9-15(2)14-18(17)28-20(19)23-22(24)27-13-12-26-16-7-5-4-6-8-16/h3-8,15H,1,9-14H2,2H3. The summed E-state index contributed by atoms with van der Waals surface area (Å²) in [6.07, 6.45) is 4.96. The van der Waals surface area contributed by atoms with Gasteiger partial charge in [0.1, 0.15) is 10.6 Å². The van der Waals surface area contributed by atoms with Crippen LogP contribution in [0.15, 0.2) is 52.9 Å². The van der Waals surface area contributed by atoms with E-state index in [-0.39, 0.29) is 5.56 Å². The lowest BCUT2D eigenvalue weighted by atomic mass is 9.89. The molecule has 0 saturated heterocycles. The van der Waals surface area contributed by atoms with E-state index in [1.165, 1.54) is 10.4 Å². The molecule has 4 nitrogen and oxygen atoms in total. The van der Waals surface area contributed by atoms with E-state index in [9.17, 15) is 4.79 Å². The molecule has 1 unspecified atom stereocenters. The minimum atomic E-state index is 0.0726. The molecule has 0 aliphatic heterocycles. The number of nitrogens with zero attached hydrogens (tertiary/aromatic N) is 2. The molecule has 0 radical (unpaired) electrons. The smallest absolute Gasteiger partial charge is 0.263 e. The molecule has 0 bridgehead atoms. The van der Waals surface area contributed by atoms with Crippen LogP contribution in [0.5, 0.6) is 5.75 Å². The zero-order valence-corrected chi connectivity index (χ0v) is 17.7. The first kappa shape index (κ1) is 19.3. The van der Waals surface area contributed by atoms with Crippen molar-refractivity contribution in [1.29, 1.82) is 0 Å². The Morgan fingerprint density at radius 2 is 2.21 bits per heavy atom. The first-order chi connectivity index (χ1) is 13.7. The quantitative estimate of drug-likeness (QED) is 0.239. The lowest BCUT2D eigenvalue weighted by molar-refractivity contribution is 0.344. The van der Waals surface area contributed by atoms with Gasteiger partial charge in [-0.05, 0) is 42.9 Å². The fourth-order valence-corrected chi connectivity index (χ4v) is 5.86. The number of fused-ring (bicyclic) bond motifs is 3. The molecule has 4 rings (SSSR count). The van der Waals surface area contributed by atoms with Gasteiger partial charge in [-0.3, -0.25) is 9.36 Å². The van der Waals surface area contributed by atoms with Gasteiger partial charge >= 0.3 is 0 Å². The van der Waals surface area contributed by atoms with Crippen LogP contribution < -0.4 is 10.3 Å². The summed E-state index contributed by atoms with van der Waals surface area (Å²) >= 11 is 3.27. The predicted molar refractivity (Wildman–Crippen MR) is 118 cm³/mol. The van der Waals surface area contributed by atoms with Gasteiger partial charge in [0.15, 0.2) is 5.16 Å². The highest BCUT2D eigenvalue weighted by molar-refractivity contribution is 7.99. The van der Waals surface area contributed by atoms with Crippen molar-refractivity contribution in [3.05, 3.63) is 63.8 Å². The van der Waals surface area contributed by atoms with Crippen molar-refractivity contribution >= 4 is 33.3 Å². The van der Waals surface area contributed by atoms with Crippen LogP contribution in [0.1, 0.15) is 23.8 Å². The van der Waals surface area contributed by atoms with Crippen LogP contribution in [0, 0.1) is 5.92 Å². The second-order valence-corrected chi connectivity index (χ2v) is 9.29. The van der Waals surface area contributed by atoms with Crippen LogP contribution >= 0.6 is 23.1 Å². The highest BCUT2D eigenvalue weighted by Gasteiger charge is 2.24. The third-order valence-electron chi connectivity index (χ3n) is 5.02. The molecule has 28 heavy (non-hydrogen) atoms. The van der Waals surface area contributed by atoms with E-state index in [2.05, 4.69) is 13.5 Å². The van der Waals surface area contributed by atoms with Crippen molar-refractivity contribution in [2.75, 3.05) is 12.4 Å². The highest BCUT2D eigenvalue weighted by atomic mass is 32.2. The molecular formula is C22H24N2O2S2. The third kappa shape index (κ3) is 3.89. The molecule has 0 fully saturated rings. The highest BCUT2D eigenvalue weighted by Crippen LogP contribution is 2.36. The van der Waals surface area contributed by atoms with Gasteiger partial charge in [0.25, 0.3) is 5.56 Å². The number of allylic oxidation sites excluding steroid dienone is 1. The van der Waals surface area contributed by atoms with Crippen molar-refractivity contribution in [1.82, 2.24) is 9.55 Å². The number of hydrogen-bond acceptors (Lipinski definition) is 5. The van der Waals surface area contributed by atoms with E-state index in [4.69, 9.17) is 9.72 Å². The molecule has 146 valence electrons. The minimum Gasteiger partial charge on any atom is -0.493 e. The van der Waals surface area contributed by atoms with Gasteiger partial charge in [-0.15, -0.1) is 17.9 Å². The molecule has 0 amide bonds. The second kappa shape index (κ2) is 8.53. The molecule has 0 spiro atoms. The topological polar surface area (TPSA) is 44.1 Å². The lowest BCUT2D eigenvalue weighted by Crippen LogP contribution is -2.23. The largest absolute Gasteiger partial charge is 0.493 e. The molecule has 3 aromatic rings. The normalized spacial score (nSPS) is 16.1. The molecule has 1 aliphatic carbocycles. The Hall–Kier alpha value is -2.05. The molecule has 1 atom stereocenters. The summed E-state index contributed by atoms with van der Waals surface area (Å²) in [5.74, 6) is 2.27. The maximum Gasteiger partial charge on any atom is 0.263 e. The van der Waals surface area contributed by atoms with Gasteiger partial charge in [-0.1, -0.05) is 43.0 Å². The fourth-order valence-electron chi connectivity index (χ4n) is 3.61. The monoisotopic (exact) mass is 412 g/mol. The summed E-state index contributed by atoms with van der Waals surface area (Å²) in [6, 6.07) is 9.77. The van der Waals surface area contributed by atoms with Crippen LogP contribution in [0.3, 0.4) is 0 Å². The van der Waals surface area contributed by atoms with Crippen LogP contribution in [0.2, 0.25) is 0 Å². The Bertz CT molecular complexity index is 1040. The molecule has 0 saturated carbocycles. The Labute approximate surface area is 173 Å². The van der Waals surface area contributed by atoms with Gasteiger partial charge in [-0.25, -0.2) is 4.98 Å². The fraction of sp³-hybridized carbons (Fsp3) is 0.364. The molecular weight excluding hydrogens is 388 g/mol. The number of rotatable bonds is 7. The first-order valence-electron chi connectivity index (χ1n) is 9.64. The van der Waals surface area contributed by atoms with E-state index >= 15 is 0 Å². The molecule has 6 heteroatoms. The first-order valence-corrected chi connectivity index (χ1v) is 11.4. The third-order valence-corrected chi connectivity index (χ3v) is 7.11. The average molecular weight is 413 g/mol.